The number of hydrogen-bond donors (Lipinski definition) is 0. The van der Waals surface area contributed by atoms with Gasteiger partial charge in [-0.1, -0.05) is 30.3 Å². The fourth-order valence-corrected chi connectivity index (χ4v) is 3.21. The summed E-state index contributed by atoms with van der Waals surface area (Å²) < 4.78 is 1.71. The van der Waals surface area contributed by atoms with Crippen molar-refractivity contribution in [3.8, 4) is 22.6 Å². The zero-order valence-corrected chi connectivity index (χ0v) is 15.5. The summed E-state index contributed by atoms with van der Waals surface area (Å²) in [5.41, 5.74) is 3.10. The van der Waals surface area contributed by atoms with Crippen molar-refractivity contribution < 1.29 is 4.79 Å². The lowest BCUT2D eigenvalue weighted by Gasteiger charge is -2.31. The van der Waals surface area contributed by atoms with Crippen LogP contribution in [-0.2, 0) is 7.05 Å². The summed E-state index contributed by atoms with van der Waals surface area (Å²) in [5.74, 6) is 0.655. The minimum atomic E-state index is -0.0215. The molecule has 1 aliphatic rings. The molecule has 1 amide bonds. The Morgan fingerprint density at radius 3 is 2.26 bits per heavy atom. The largest absolute Gasteiger partial charge is 0.335 e. The van der Waals surface area contributed by atoms with Crippen LogP contribution in [0.4, 0.5) is 0 Å². The molecule has 0 atom stereocenters. The number of hydrogen-bond acceptors (Lipinski definition) is 5. The number of aryl methyl sites for hydroxylation is 1. The van der Waals surface area contributed by atoms with Gasteiger partial charge >= 0.3 is 0 Å². The fraction of sp³-hybridized carbons (Fsp3) is 0.300. The van der Waals surface area contributed by atoms with Crippen LogP contribution < -0.4 is 0 Å². The quantitative estimate of drug-likeness (QED) is 0.712. The Morgan fingerprint density at radius 2 is 1.59 bits per heavy atom. The Labute approximate surface area is 158 Å². The second-order valence-corrected chi connectivity index (χ2v) is 6.80. The summed E-state index contributed by atoms with van der Waals surface area (Å²) in [4.78, 5) is 25.8. The van der Waals surface area contributed by atoms with Crippen molar-refractivity contribution >= 4 is 5.91 Å². The smallest absolute Gasteiger partial charge is 0.274 e. The molecule has 4 rings (SSSR count). The third kappa shape index (κ3) is 3.59. The summed E-state index contributed by atoms with van der Waals surface area (Å²) in [6.45, 7) is 3.24. The molecular weight excluding hydrogens is 340 g/mol. The van der Waals surface area contributed by atoms with Crippen molar-refractivity contribution in [2.24, 2.45) is 7.05 Å². The third-order valence-corrected chi connectivity index (χ3v) is 4.87. The Balaban J connectivity index is 1.55. The van der Waals surface area contributed by atoms with E-state index >= 15 is 0 Å². The van der Waals surface area contributed by atoms with Gasteiger partial charge < -0.3 is 9.80 Å². The zero-order chi connectivity index (χ0) is 18.8. The fourth-order valence-electron chi connectivity index (χ4n) is 3.21. The van der Waals surface area contributed by atoms with Crippen LogP contribution in [-0.4, -0.2) is 68.7 Å². The first-order chi connectivity index (χ1) is 13.1. The van der Waals surface area contributed by atoms with Crippen LogP contribution in [0, 0.1) is 0 Å². The Hall–Kier alpha value is -3.06. The van der Waals surface area contributed by atoms with E-state index in [1.54, 1.807) is 17.1 Å². The summed E-state index contributed by atoms with van der Waals surface area (Å²) in [5, 5.41) is 4.42. The molecule has 1 fully saturated rings. The van der Waals surface area contributed by atoms with E-state index in [2.05, 4.69) is 27.0 Å². The number of rotatable bonds is 3. The van der Waals surface area contributed by atoms with E-state index in [1.807, 2.05) is 48.3 Å². The van der Waals surface area contributed by atoms with Gasteiger partial charge in [0.25, 0.3) is 5.91 Å². The molecule has 27 heavy (non-hydrogen) atoms. The van der Waals surface area contributed by atoms with Crippen molar-refractivity contribution in [1.82, 2.24) is 29.5 Å². The standard InChI is InChI=1S/C20H22N6O/c1-24-8-10-26(11-9-24)20(27)17-12-18(25(2)23-17)16-13-21-19(22-14-16)15-6-4-3-5-7-15/h3-7,12-14H,8-11H2,1-2H3. The number of carbonyl (C=O) groups is 1. The number of aromatic nitrogens is 4. The molecule has 1 saturated heterocycles. The highest BCUT2D eigenvalue weighted by Gasteiger charge is 2.23. The van der Waals surface area contributed by atoms with Gasteiger partial charge in [-0.25, -0.2) is 9.97 Å². The first-order valence-electron chi connectivity index (χ1n) is 9.01. The first kappa shape index (κ1) is 17.4. The predicted molar refractivity (Wildman–Crippen MR) is 103 cm³/mol. The van der Waals surface area contributed by atoms with Gasteiger partial charge in [0.1, 0.15) is 0 Å². The molecular formula is C20H22N6O. The van der Waals surface area contributed by atoms with Crippen LogP contribution in [0.5, 0.6) is 0 Å². The van der Waals surface area contributed by atoms with Gasteiger partial charge in [0, 0.05) is 56.7 Å². The van der Waals surface area contributed by atoms with Gasteiger partial charge in [-0.15, -0.1) is 0 Å². The molecule has 138 valence electrons. The van der Waals surface area contributed by atoms with Gasteiger partial charge in [-0.05, 0) is 13.1 Å². The lowest BCUT2D eigenvalue weighted by molar-refractivity contribution is 0.0657. The number of carbonyl (C=O) groups excluding carboxylic acids is 1. The first-order valence-corrected chi connectivity index (χ1v) is 9.01. The van der Waals surface area contributed by atoms with Gasteiger partial charge in [0.15, 0.2) is 11.5 Å². The maximum atomic E-state index is 12.7. The molecule has 7 heteroatoms. The van der Waals surface area contributed by atoms with E-state index in [1.165, 1.54) is 0 Å². The van der Waals surface area contributed by atoms with Crippen molar-refractivity contribution in [3.05, 3.63) is 54.5 Å². The summed E-state index contributed by atoms with van der Waals surface area (Å²) in [6, 6.07) is 11.7. The molecule has 0 saturated carbocycles. The Bertz CT molecular complexity index is 927. The Kier molecular flexibility index (Phi) is 4.68. The van der Waals surface area contributed by atoms with E-state index < -0.39 is 0 Å². The van der Waals surface area contributed by atoms with Crippen LogP contribution in [0.15, 0.2) is 48.8 Å². The molecule has 3 aromatic rings. The molecule has 1 aliphatic heterocycles. The molecule has 0 radical (unpaired) electrons. The summed E-state index contributed by atoms with van der Waals surface area (Å²) >= 11 is 0. The minimum Gasteiger partial charge on any atom is -0.335 e. The molecule has 3 heterocycles. The van der Waals surface area contributed by atoms with Crippen molar-refractivity contribution in [1.29, 1.82) is 0 Å². The van der Waals surface area contributed by atoms with E-state index in [-0.39, 0.29) is 5.91 Å². The molecule has 2 aromatic heterocycles. The predicted octanol–water partition coefficient (Wildman–Crippen LogP) is 1.93. The number of piperazine rings is 1. The average Bonchev–Trinajstić information content (AvgIpc) is 3.10. The second kappa shape index (κ2) is 7.28. The molecule has 0 unspecified atom stereocenters. The average molecular weight is 362 g/mol. The molecule has 1 aromatic carbocycles. The lowest BCUT2D eigenvalue weighted by Crippen LogP contribution is -2.47. The number of benzene rings is 1. The van der Waals surface area contributed by atoms with E-state index in [4.69, 9.17) is 0 Å². The molecule has 0 aliphatic carbocycles. The van der Waals surface area contributed by atoms with Gasteiger partial charge in [0.05, 0.1) is 5.69 Å². The highest BCUT2D eigenvalue weighted by molar-refractivity contribution is 5.93. The number of amides is 1. The molecule has 0 bridgehead atoms. The highest BCUT2D eigenvalue weighted by Crippen LogP contribution is 2.21. The molecule has 7 nitrogen and oxygen atoms in total. The maximum absolute atomic E-state index is 12.7. The third-order valence-electron chi connectivity index (χ3n) is 4.87. The summed E-state index contributed by atoms with van der Waals surface area (Å²) in [7, 11) is 3.90. The van der Waals surface area contributed by atoms with Gasteiger partial charge in [0.2, 0.25) is 0 Å². The van der Waals surface area contributed by atoms with E-state index in [0.29, 0.717) is 11.5 Å². The van der Waals surface area contributed by atoms with Crippen LogP contribution in [0.1, 0.15) is 10.5 Å². The monoisotopic (exact) mass is 362 g/mol. The van der Waals surface area contributed by atoms with Crippen molar-refractivity contribution in [2.75, 3.05) is 33.2 Å². The normalized spacial score (nSPS) is 15.1. The second-order valence-electron chi connectivity index (χ2n) is 6.80. The highest BCUT2D eigenvalue weighted by atomic mass is 16.2. The SMILES string of the molecule is CN1CCN(C(=O)c2cc(-c3cnc(-c4ccccc4)nc3)n(C)n2)CC1. The summed E-state index contributed by atoms with van der Waals surface area (Å²) in [6.07, 6.45) is 3.55. The van der Waals surface area contributed by atoms with Gasteiger partial charge in [-0.3, -0.25) is 9.48 Å². The Morgan fingerprint density at radius 1 is 0.926 bits per heavy atom. The lowest BCUT2D eigenvalue weighted by atomic mass is 10.2. The van der Waals surface area contributed by atoms with Gasteiger partial charge in [-0.2, -0.15) is 5.10 Å². The van der Waals surface area contributed by atoms with Crippen LogP contribution in [0.3, 0.4) is 0 Å². The number of likely N-dealkylation sites (N-methyl/N-ethyl adjacent to an activating group) is 1. The van der Waals surface area contributed by atoms with Crippen molar-refractivity contribution in [2.45, 2.75) is 0 Å². The zero-order valence-electron chi connectivity index (χ0n) is 15.5. The minimum absolute atomic E-state index is 0.0215. The van der Waals surface area contributed by atoms with E-state index in [0.717, 1.165) is 43.0 Å². The van der Waals surface area contributed by atoms with Crippen LogP contribution >= 0.6 is 0 Å². The molecule has 0 N–H and O–H groups in total. The maximum Gasteiger partial charge on any atom is 0.274 e. The van der Waals surface area contributed by atoms with Crippen LogP contribution in [0.25, 0.3) is 22.6 Å². The molecule has 0 spiro atoms. The van der Waals surface area contributed by atoms with Crippen LogP contribution in [0.2, 0.25) is 0 Å². The number of nitrogens with zero attached hydrogens (tertiary/aromatic N) is 6. The van der Waals surface area contributed by atoms with Crippen molar-refractivity contribution in [3.63, 3.8) is 0 Å². The van der Waals surface area contributed by atoms with E-state index in [9.17, 15) is 4.79 Å². The topological polar surface area (TPSA) is 67.2 Å².